The molecule has 0 aliphatic carbocycles. The van der Waals surface area contributed by atoms with E-state index in [9.17, 15) is 14.4 Å². The van der Waals surface area contributed by atoms with E-state index < -0.39 is 18.5 Å². The Labute approximate surface area is 155 Å². The lowest BCUT2D eigenvalue weighted by Gasteiger charge is -2.08. The number of carbonyl (C=O) groups excluding carboxylic acids is 3. The molecule has 7 nitrogen and oxygen atoms in total. The lowest BCUT2D eigenvalue weighted by molar-refractivity contribution is -0.119. The molecule has 0 unspecified atom stereocenters. The summed E-state index contributed by atoms with van der Waals surface area (Å²) < 4.78 is 5.02. The molecular formula is C20H17N3O4. The molecule has 3 aromatic rings. The largest absolute Gasteiger partial charge is 0.451 e. The number of fused-ring (bicyclic) bond motifs is 1. The SMILES string of the molecule is CNC(=O)c1cccc(NC(=O)COC(=O)c2ccc3ccccc3n2)c1. The number of nitrogens with zero attached hydrogens (tertiary/aromatic N) is 1. The summed E-state index contributed by atoms with van der Waals surface area (Å²) in [6, 6.07) is 17.1. The van der Waals surface area contributed by atoms with Crippen LogP contribution in [0.25, 0.3) is 10.9 Å². The Hall–Kier alpha value is -3.74. The van der Waals surface area contributed by atoms with Crippen LogP contribution in [0.1, 0.15) is 20.8 Å². The maximum absolute atomic E-state index is 12.1. The number of nitrogens with one attached hydrogen (secondary N) is 2. The fourth-order valence-electron chi connectivity index (χ4n) is 2.46. The number of hydrogen-bond donors (Lipinski definition) is 2. The molecule has 3 rings (SSSR count). The molecule has 2 aromatic carbocycles. The van der Waals surface area contributed by atoms with Gasteiger partial charge >= 0.3 is 5.97 Å². The fourth-order valence-corrected chi connectivity index (χ4v) is 2.46. The molecule has 2 N–H and O–H groups in total. The van der Waals surface area contributed by atoms with Gasteiger partial charge < -0.3 is 15.4 Å². The van der Waals surface area contributed by atoms with Crippen molar-refractivity contribution in [1.82, 2.24) is 10.3 Å². The van der Waals surface area contributed by atoms with Gasteiger partial charge in [0.25, 0.3) is 11.8 Å². The molecule has 1 aromatic heterocycles. The number of para-hydroxylation sites is 1. The van der Waals surface area contributed by atoms with Crippen LogP contribution in [0.4, 0.5) is 5.69 Å². The average Bonchev–Trinajstić information content (AvgIpc) is 2.71. The summed E-state index contributed by atoms with van der Waals surface area (Å²) >= 11 is 0. The highest BCUT2D eigenvalue weighted by atomic mass is 16.5. The summed E-state index contributed by atoms with van der Waals surface area (Å²) in [5, 5.41) is 5.99. The van der Waals surface area contributed by atoms with Gasteiger partial charge in [-0.3, -0.25) is 9.59 Å². The van der Waals surface area contributed by atoms with Crippen LogP contribution in [0.3, 0.4) is 0 Å². The van der Waals surface area contributed by atoms with Crippen LogP contribution >= 0.6 is 0 Å². The first-order valence-corrected chi connectivity index (χ1v) is 8.22. The highest BCUT2D eigenvalue weighted by Gasteiger charge is 2.13. The number of amides is 2. The van der Waals surface area contributed by atoms with E-state index in [4.69, 9.17) is 4.74 Å². The third kappa shape index (κ3) is 4.46. The van der Waals surface area contributed by atoms with Crippen LogP contribution in [0, 0.1) is 0 Å². The maximum atomic E-state index is 12.1. The number of esters is 1. The summed E-state index contributed by atoms with van der Waals surface area (Å²) in [7, 11) is 1.52. The van der Waals surface area contributed by atoms with E-state index in [0.717, 1.165) is 5.39 Å². The molecule has 27 heavy (non-hydrogen) atoms. The average molecular weight is 363 g/mol. The van der Waals surface area contributed by atoms with Crippen molar-refractivity contribution >= 4 is 34.4 Å². The van der Waals surface area contributed by atoms with Crippen molar-refractivity contribution in [3.05, 3.63) is 71.9 Å². The summed E-state index contributed by atoms with van der Waals surface area (Å²) in [6.45, 7) is -0.461. The molecule has 0 aliphatic rings. The first-order chi connectivity index (χ1) is 13.1. The fraction of sp³-hybridized carbons (Fsp3) is 0.100. The Morgan fingerprint density at radius 1 is 1.00 bits per heavy atom. The highest BCUT2D eigenvalue weighted by molar-refractivity contribution is 5.98. The monoisotopic (exact) mass is 363 g/mol. The second-order valence-corrected chi connectivity index (χ2v) is 5.67. The van der Waals surface area contributed by atoms with Crippen LogP contribution in [0.5, 0.6) is 0 Å². The van der Waals surface area contributed by atoms with Gasteiger partial charge in [-0.15, -0.1) is 0 Å². The van der Waals surface area contributed by atoms with Crippen molar-refractivity contribution in [1.29, 1.82) is 0 Å². The van der Waals surface area contributed by atoms with E-state index >= 15 is 0 Å². The number of rotatable bonds is 5. The minimum absolute atomic E-state index is 0.128. The van der Waals surface area contributed by atoms with Gasteiger partial charge in [0.05, 0.1) is 5.52 Å². The molecule has 136 valence electrons. The van der Waals surface area contributed by atoms with Gasteiger partial charge in [0.15, 0.2) is 6.61 Å². The number of anilines is 1. The summed E-state index contributed by atoms with van der Waals surface area (Å²) in [5.41, 5.74) is 1.64. The van der Waals surface area contributed by atoms with Gasteiger partial charge in [0.1, 0.15) is 5.69 Å². The molecule has 0 radical (unpaired) electrons. The number of pyridine rings is 1. The van der Waals surface area contributed by atoms with E-state index in [2.05, 4.69) is 15.6 Å². The highest BCUT2D eigenvalue weighted by Crippen LogP contribution is 2.13. The lowest BCUT2D eigenvalue weighted by Crippen LogP contribution is -2.22. The van der Waals surface area contributed by atoms with Crippen LogP contribution in [0.15, 0.2) is 60.7 Å². The summed E-state index contributed by atoms with van der Waals surface area (Å²) in [6.07, 6.45) is 0. The third-order valence-corrected chi connectivity index (χ3v) is 3.78. The zero-order chi connectivity index (χ0) is 19.2. The molecule has 0 saturated heterocycles. The van der Waals surface area contributed by atoms with Crippen molar-refractivity contribution in [3.63, 3.8) is 0 Å². The number of aromatic nitrogens is 1. The molecule has 0 saturated carbocycles. The van der Waals surface area contributed by atoms with Gasteiger partial charge in [0.2, 0.25) is 0 Å². The van der Waals surface area contributed by atoms with Crippen LogP contribution in [0.2, 0.25) is 0 Å². The van der Waals surface area contributed by atoms with Crippen molar-refractivity contribution in [2.24, 2.45) is 0 Å². The van der Waals surface area contributed by atoms with E-state index in [0.29, 0.717) is 16.8 Å². The van der Waals surface area contributed by atoms with E-state index in [1.807, 2.05) is 18.2 Å². The quantitative estimate of drug-likeness (QED) is 0.679. The van der Waals surface area contributed by atoms with E-state index in [1.165, 1.54) is 13.1 Å². The first-order valence-electron chi connectivity index (χ1n) is 8.22. The Kier molecular flexibility index (Phi) is 5.41. The van der Waals surface area contributed by atoms with Gasteiger partial charge in [-0.25, -0.2) is 9.78 Å². The second kappa shape index (κ2) is 8.09. The minimum Gasteiger partial charge on any atom is -0.451 e. The predicted octanol–water partition coefficient (Wildman–Crippen LogP) is 2.39. The molecule has 0 fully saturated rings. The number of benzene rings is 2. The molecule has 0 bridgehead atoms. The zero-order valence-electron chi connectivity index (χ0n) is 14.6. The Balaban J connectivity index is 1.59. The summed E-state index contributed by atoms with van der Waals surface area (Å²) in [5.74, 6) is -1.46. The van der Waals surface area contributed by atoms with Crippen molar-refractivity contribution in [2.45, 2.75) is 0 Å². The zero-order valence-corrected chi connectivity index (χ0v) is 14.6. The standard InChI is InChI=1S/C20H17N3O4/c1-21-19(25)14-6-4-7-15(11-14)22-18(24)12-27-20(26)17-10-9-13-5-2-3-8-16(13)23-17/h2-11H,12H2,1H3,(H,21,25)(H,22,24). The van der Waals surface area contributed by atoms with Gasteiger partial charge in [-0.1, -0.05) is 30.3 Å². The molecule has 2 amide bonds. The molecule has 1 heterocycles. The van der Waals surface area contributed by atoms with E-state index in [-0.39, 0.29) is 11.6 Å². The summed E-state index contributed by atoms with van der Waals surface area (Å²) in [4.78, 5) is 40.0. The normalized spacial score (nSPS) is 10.3. The number of carbonyl (C=O) groups is 3. The second-order valence-electron chi connectivity index (χ2n) is 5.67. The molecule has 7 heteroatoms. The van der Waals surface area contributed by atoms with Gasteiger partial charge in [-0.05, 0) is 30.3 Å². The lowest BCUT2D eigenvalue weighted by atomic mass is 10.2. The molecule has 0 spiro atoms. The van der Waals surface area contributed by atoms with Crippen LogP contribution < -0.4 is 10.6 Å². The number of ether oxygens (including phenoxy) is 1. The van der Waals surface area contributed by atoms with Crippen molar-refractivity contribution in [2.75, 3.05) is 19.0 Å². The van der Waals surface area contributed by atoms with Crippen molar-refractivity contribution < 1.29 is 19.1 Å². The number of hydrogen-bond acceptors (Lipinski definition) is 5. The Morgan fingerprint density at radius 2 is 1.81 bits per heavy atom. The van der Waals surface area contributed by atoms with Crippen LogP contribution in [-0.2, 0) is 9.53 Å². The third-order valence-electron chi connectivity index (χ3n) is 3.78. The van der Waals surface area contributed by atoms with Gasteiger partial charge in [0, 0.05) is 23.7 Å². The van der Waals surface area contributed by atoms with Crippen LogP contribution in [-0.4, -0.2) is 36.4 Å². The molecule has 0 atom stereocenters. The van der Waals surface area contributed by atoms with E-state index in [1.54, 1.807) is 36.4 Å². The van der Waals surface area contributed by atoms with Gasteiger partial charge in [-0.2, -0.15) is 0 Å². The molecular weight excluding hydrogens is 346 g/mol. The predicted molar refractivity (Wildman–Crippen MR) is 100 cm³/mol. The Morgan fingerprint density at radius 3 is 2.63 bits per heavy atom. The smallest absolute Gasteiger partial charge is 0.357 e. The topological polar surface area (TPSA) is 97.4 Å². The van der Waals surface area contributed by atoms with Crippen molar-refractivity contribution in [3.8, 4) is 0 Å². The minimum atomic E-state index is -0.685. The molecule has 0 aliphatic heterocycles. The Bertz CT molecular complexity index is 1020. The maximum Gasteiger partial charge on any atom is 0.357 e. The first kappa shape index (κ1) is 18.1.